The van der Waals surface area contributed by atoms with E-state index in [0.717, 1.165) is 21.2 Å². The molecule has 16 heavy (non-hydrogen) atoms. The summed E-state index contributed by atoms with van der Waals surface area (Å²) in [6, 6.07) is 7.17. The van der Waals surface area contributed by atoms with Gasteiger partial charge in [0.1, 0.15) is 5.03 Å². The number of aryl methyl sites for hydroxylation is 2. The number of rotatable bonds is 2. The molecule has 2 heterocycles. The van der Waals surface area contributed by atoms with Crippen LogP contribution in [0.3, 0.4) is 0 Å². The standard InChI is InChI=1S/C12H11FN2S/c1-8-5-9(2)15-12(6-8)16-10-3-4-14-11(13)7-10/h3-7H,1-2H3. The predicted octanol–water partition coefficient (Wildman–Crippen LogP) is 3.38. The molecule has 0 aliphatic heterocycles. The van der Waals surface area contributed by atoms with E-state index < -0.39 is 5.95 Å². The van der Waals surface area contributed by atoms with Gasteiger partial charge < -0.3 is 0 Å². The van der Waals surface area contributed by atoms with Crippen LogP contribution >= 0.6 is 11.8 Å². The van der Waals surface area contributed by atoms with Crippen LogP contribution in [0.1, 0.15) is 11.3 Å². The van der Waals surface area contributed by atoms with Crippen molar-refractivity contribution in [3.05, 3.63) is 47.7 Å². The number of hydrogen-bond donors (Lipinski definition) is 0. The molecule has 0 N–H and O–H groups in total. The molecule has 0 radical (unpaired) electrons. The monoisotopic (exact) mass is 234 g/mol. The minimum Gasteiger partial charge on any atom is -0.246 e. The number of hydrogen-bond acceptors (Lipinski definition) is 3. The van der Waals surface area contributed by atoms with Gasteiger partial charge in [0, 0.05) is 22.9 Å². The maximum atomic E-state index is 12.9. The molecular formula is C12H11FN2S. The van der Waals surface area contributed by atoms with Crippen molar-refractivity contribution < 1.29 is 4.39 Å². The van der Waals surface area contributed by atoms with Crippen LogP contribution in [0.25, 0.3) is 0 Å². The fourth-order valence-corrected chi connectivity index (χ4v) is 2.39. The normalized spacial score (nSPS) is 10.4. The third-order valence-corrected chi connectivity index (χ3v) is 2.90. The van der Waals surface area contributed by atoms with E-state index >= 15 is 0 Å². The van der Waals surface area contributed by atoms with Gasteiger partial charge in [0.15, 0.2) is 0 Å². The molecule has 2 aromatic heterocycles. The summed E-state index contributed by atoms with van der Waals surface area (Å²) in [7, 11) is 0. The SMILES string of the molecule is Cc1cc(C)nc(Sc2ccnc(F)c2)c1. The molecule has 0 fully saturated rings. The molecule has 0 aromatic carbocycles. The highest BCUT2D eigenvalue weighted by molar-refractivity contribution is 7.99. The van der Waals surface area contributed by atoms with Gasteiger partial charge in [0.2, 0.25) is 5.95 Å². The van der Waals surface area contributed by atoms with Gasteiger partial charge in [-0.1, -0.05) is 11.8 Å². The molecular weight excluding hydrogens is 223 g/mol. The second-order valence-electron chi connectivity index (χ2n) is 3.54. The first-order chi connectivity index (χ1) is 7.63. The molecule has 0 bridgehead atoms. The Hall–Kier alpha value is -1.42. The predicted molar refractivity (Wildman–Crippen MR) is 62.0 cm³/mol. The Labute approximate surface area is 97.9 Å². The van der Waals surface area contributed by atoms with E-state index in [1.54, 1.807) is 6.07 Å². The van der Waals surface area contributed by atoms with Gasteiger partial charge in [-0.3, -0.25) is 0 Å². The largest absolute Gasteiger partial charge is 0.246 e. The minimum atomic E-state index is -0.464. The van der Waals surface area contributed by atoms with Gasteiger partial charge in [-0.15, -0.1) is 0 Å². The van der Waals surface area contributed by atoms with E-state index in [-0.39, 0.29) is 0 Å². The van der Waals surface area contributed by atoms with Crippen molar-refractivity contribution in [2.75, 3.05) is 0 Å². The van der Waals surface area contributed by atoms with Gasteiger partial charge in [0.05, 0.1) is 0 Å². The zero-order chi connectivity index (χ0) is 11.5. The maximum absolute atomic E-state index is 12.9. The summed E-state index contributed by atoms with van der Waals surface area (Å²) < 4.78 is 12.9. The van der Waals surface area contributed by atoms with Gasteiger partial charge >= 0.3 is 0 Å². The molecule has 2 nitrogen and oxygen atoms in total. The Morgan fingerprint density at radius 3 is 2.69 bits per heavy atom. The summed E-state index contributed by atoms with van der Waals surface area (Å²) in [6.07, 6.45) is 1.46. The first-order valence-corrected chi connectivity index (χ1v) is 5.70. The molecule has 0 aliphatic rings. The molecule has 82 valence electrons. The lowest BCUT2D eigenvalue weighted by Gasteiger charge is -2.03. The molecule has 2 aromatic rings. The number of aromatic nitrogens is 2. The summed E-state index contributed by atoms with van der Waals surface area (Å²) >= 11 is 1.44. The van der Waals surface area contributed by atoms with Gasteiger partial charge in [-0.05, 0) is 37.6 Å². The quantitative estimate of drug-likeness (QED) is 0.745. The molecule has 0 spiro atoms. The van der Waals surface area contributed by atoms with E-state index in [1.165, 1.54) is 24.0 Å². The van der Waals surface area contributed by atoms with Crippen LogP contribution < -0.4 is 0 Å². The molecule has 2 rings (SSSR count). The Morgan fingerprint density at radius 2 is 2.00 bits per heavy atom. The van der Waals surface area contributed by atoms with Crippen LogP contribution in [0.4, 0.5) is 4.39 Å². The zero-order valence-corrected chi connectivity index (χ0v) is 9.88. The topological polar surface area (TPSA) is 25.8 Å². The molecule has 0 amide bonds. The lowest BCUT2D eigenvalue weighted by molar-refractivity contribution is 0.579. The van der Waals surface area contributed by atoms with Crippen molar-refractivity contribution in [1.82, 2.24) is 9.97 Å². The summed E-state index contributed by atoms with van der Waals surface area (Å²) in [5, 5.41) is 0.878. The van der Waals surface area contributed by atoms with Crippen molar-refractivity contribution in [2.45, 2.75) is 23.8 Å². The van der Waals surface area contributed by atoms with Crippen molar-refractivity contribution >= 4 is 11.8 Å². The molecule has 0 aliphatic carbocycles. The first-order valence-electron chi connectivity index (χ1n) is 4.88. The fraction of sp³-hybridized carbons (Fsp3) is 0.167. The third kappa shape index (κ3) is 2.79. The Bertz CT molecular complexity index is 494. The van der Waals surface area contributed by atoms with Crippen LogP contribution in [-0.4, -0.2) is 9.97 Å². The average Bonchev–Trinajstić information content (AvgIpc) is 2.15. The average molecular weight is 234 g/mol. The summed E-state index contributed by atoms with van der Waals surface area (Å²) in [5.74, 6) is -0.464. The van der Waals surface area contributed by atoms with E-state index in [4.69, 9.17) is 0 Å². The molecule has 4 heteroatoms. The van der Waals surface area contributed by atoms with Crippen molar-refractivity contribution in [1.29, 1.82) is 0 Å². The van der Waals surface area contributed by atoms with Crippen LogP contribution in [0.5, 0.6) is 0 Å². The van der Waals surface area contributed by atoms with E-state index in [0.29, 0.717) is 0 Å². The first kappa shape index (κ1) is 11.1. The second-order valence-corrected chi connectivity index (χ2v) is 4.63. The molecule has 0 saturated carbocycles. The second kappa shape index (κ2) is 4.61. The smallest absolute Gasteiger partial charge is 0.213 e. The van der Waals surface area contributed by atoms with Crippen LogP contribution in [0.2, 0.25) is 0 Å². The number of nitrogens with zero attached hydrogens (tertiary/aromatic N) is 2. The summed E-state index contributed by atoms with van der Waals surface area (Å²) in [6.45, 7) is 3.97. The van der Waals surface area contributed by atoms with Gasteiger partial charge in [-0.25, -0.2) is 9.97 Å². The van der Waals surface area contributed by atoms with Gasteiger partial charge in [-0.2, -0.15) is 4.39 Å². The van der Waals surface area contributed by atoms with Crippen molar-refractivity contribution in [2.24, 2.45) is 0 Å². The van der Waals surface area contributed by atoms with Crippen LogP contribution in [0, 0.1) is 19.8 Å². The highest BCUT2D eigenvalue weighted by Gasteiger charge is 2.02. The minimum absolute atomic E-state index is 0.464. The molecule has 0 atom stereocenters. The van der Waals surface area contributed by atoms with Gasteiger partial charge in [0.25, 0.3) is 0 Å². The Morgan fingerprint density at radius 1 is 1.19 bits per heavy atom. The Kier molecular flexibility index (Phi) is 3.19. The lowest BCUT2D eigenvalue weighted by atomic mass is 10.3. The molecule has 0 saturated heterocycles. The lowest BCUT2D eigenvalue weighted by Crippen LogP contribution is -1.87. The highest BCUT2D eigenvalue weighted by Crippen LogP contribution is 2.26. The fourth-order valence-electron chi connectivity index (χ4n) is 1.43. The van der Waals surface area contributed by atoms with Crippen molar-refractivity contribution in [3.63, 3.8) is 0 Å². The number of halogens is 1. The summed E-state index contributed by atoms with van der Waals surface area (Å²) in [4.78, 5) is 8.71. The zero-order valence-electron chi connectivity index (χ0n) is 9.07. The Balaban J connectivity index is 2.27. The van der Waals surface area contributed by atoms with E-state index in [1.807, 2.05) is 26.0 Å². The summed E-state index contributed by atoms with van der Waals surface area (Å²) in [5.41, 5.74) is 2.13. The maximum Gasteiger partial charge on any atom is 0.213 e. The van der Waals surface area contributed by atoms with Crippen LogP contribution in [-0.2, 0) is 0 Å². The third-order valence-electron chi connectivity index (χ3n) is 1.99. The van der Waals surface area contributed by atoms with Crippen molar-refractivity contribution in [3.8, 4) is 0 Å². The highest BCUT2D eigenvalue weighted by atomic mass is 32.2. The molecule has 0 unspecified atom stereocenters. The van der Waals surface area contributed by atoms with E-state index in [9.17, 15) is 4.39 Å². The number of pyridine rings is 2. The van der Waals surface area contributed by atoms with Crippen LogP contribution in [0.15, 0.2) is 40.4 Å². The van der Waals surface area contributed by atoms with E-state index in [2.05, 4.69) is 9.97 Å².